The molecule has 0 aromatic heterocycles. The molecule has 0 fully saturated rings. The van der Waals surface area contributed by atoms with Crippen LogP contribution in [-0.4, -0.2) is 35.8 Å². The van der Waals surface area contributed by atoms with Crippen LogP contribution < -0.4 is 11.5 Å². The summed E-state index contributed by atoms with van der Waals surface area (Å²) in [5.74, 6) is -1.32. The Morgan fingerprint density at radius 1 is 1.05 bits per heavy atom. The van der Waals surface area contributed by atoms with E-state index in [1.807, 2.05) is 0 Å². The second kappa shape index (κ2) is 5.88. The van der Waals surface area contributed by atoms with Gasteiger partial charge in [0.05, 0.1) is 12.1 Å². The fourth-order valence-electron chi connectivity index (χ4n) is 2.13. The molecule has 1 aromatic carbocycles. The van der Waals surface area contributed by atoms with Crippen molar-refractivity contribution in [2.45, 2.75) is 13.8 Å². The lowest BCUT2D eigenvalue weighted by Gasteiger charge is -2.14. The highest BCUT2D eigenvalue weighted by atomic mass is 16.5. The predicted octanol–water partition coefficient (Wildman–Crippen LogP) is 0.713. The first-order chi connectivity index (χ1) is 10.3. The van der Waals surface area contributed by atoms with Crippen LogP contribution in [0.15, 0.2) is 29.3 Å². The average molecular weight is 303 g/mol. The van der Waals surface area contributed by atoms with Gasteiger partial charge in [-0.25, -0.2) is 4.79 Å². The second-order valence-electron chi connectivity index (χ2n) is 5.04. The summed E-state index contributed by atoms with van der Waals surface area (Å²) in [6.45, 7) is 3.11. The van der Waals surface area contributed by atoms with Crippen LogP contribution in [-0.2, 0) is 14.3 Å². The highest BCUT2D eigenvalue weighted by molar-refractivity contribution is 6.18. The number of esters is 1. The van der Waals surface area contributed by atoms with Crippen LogP contribution in [0, 0.1) is 0 Å². The molecule has 1 aromatic rings. The summed E-state index contributed by atoms with van der Waals surface area (Å²) >= 11 is 0. The molecule has 0 atom stereocenters. The molecule has 22 heavy (non-hydrogen) atoms. The zero-order valence-corrected chi connectivity index (χ0v) is 12.4. The Hall–Kier alpha value is -2.83. The minimum absolute atomic E-state index is 0.00981. The fraction of sp³-hybridized carbons (Fsp3) is 0.267. The van der Waals surface area contributed by atoms with Crippen molar-refractivity contribution in [3.05, 3.63) is 34.9 Å². The van der Waals surface area contributed by atoms with Crippen molar-refractivity contribution in [3.63, 3.8) is 0 Å². The number of carbonyl (C=O) groups excluding carboxylic acids is 3. The Kier molecular flexibility index (Phi) is 4.16. The molecule has 0 unspecified atom stereocenters. The fourth-order valence-corrected chi connectivity index (χ4v) is 2.13. The van der Waals surface area contributed by atoms with E-state index in [4.69, 9.17) is 16.2 Å². The van der Waals surface area contributed by atoms with E-state index in [1.54, 1.807) is 13.8 Å². The van der Waals surface area contributed by atoms with Gasteiger partial charge in [0, 0.05) is 22.5 Å². The molecule has 4 N–H and O–H groups in total. The number of benzene rings is 1. The number of amides is 2. The van der Waals surface area contributed by atoms with Crippen LogP contribution in [0.5, 0.6) is 0 Å². The quantitative estimate of drug-likeness (QED) is 0.481. The van der Waals surface area contributed by atoms with Gasteiger partial charge in [-0.1, -0.05) is 0 Å². The topological polar surface area (TPSA) is 116 Å². The van der Waals surface area contributed by atoms with Crippen molar-refractivity contribution in [1.82, 2.24) is 4.90 Å². The third-order valence-corrected chi connectivity index (χ3v) is 3.46. The summed E-state index contributed by atoms with van der Waals surface area (Å²) in [5, 5.41) is 0. The molecule has 0 aliphatic carbocycles. The summed E-state index contributed by atoms with van der Waals surface area (Å²) < 4.78 is 5.05. The van der Waals surface area contributed by atoms with Crippen LogP contribution in [0.1, 0.15) is 24.2 Å². The zero-order chi connectivity index (χ0) is 16.4. The molecular formula is C15H17N3O4. The highest BCUT2D eigenvalue weighted by Gasteiger charge is 2.33. The molecule has 2 rings (SSSR count). The summed E-state index contributed by atoms with van der Waals surface area (Å²) in [5.41, 5.74) is 13.0. The normalized spacial score (nSPS) is 14.7. The smallest absolute Gasteiger partial charge is 0.338 e. The number of anilines is 2. The molecule has 0 spiro atoms. The van der Waals surface area contributed by atoms with Gasteiger partial charge >= 0.3 is 5.97 Å². The minimum Gasteiger partial charge on any atom is -0.460 e. The highest BCUT2D eigenvalue weighted by Crippen LogP contribution is 2.19. The van der Waals surface area contributed by atoms with Crippen molar-refractivity contribution < 1.29 is 19.1 Å². The third kappa shape index (κ3) is 2.93. The van der Waals surface area contributed by atoms with E-state index in [0.717, 1.165) is 4.90 Å². The van der Waals surface area contributed by atoms with Gasteiger partial charge in [0.1, 0.15) is 6.61 Å². The number of carbonyl (C=O) groups is 3. The minimum atomic E-state index is -0.612. The van der Waals surface area contributed by atoms with Gasteiger partial charge < -0.3 is 16.2 Å². The van der Waals surface area contributed by atoms with E-state index >= 15 is 0 Å². The number of nitrogens with zero attached hydrogens (tertiary/aromatic N) is 1. The SMILES string of the molecule is CC1=C(C)C(=O)N(CCOC(=O)c2cc(N)cc(N)c2)C1=O. The predicted molar refractivity (Wildman–Crippen MR) is 80.6 cm³/mol. The first-order valence-corrected chi connectivity index (χ1v) is 6.68. The maximum atomic E-state index is 11.9. The van der Waals surface area contributed by atoms with Crippen molar-refractivity contribution in [2.75, 3.05) is 24.6 Å². The lowest BCUT2D eigenvalue weighted by atomic mass is 10.2. The van der Waals surface area contributed by atoms with E-state index in [9.17, 15) is 14.4 Å². The van der Waals surface area contributed by atoms with Crippen molar-refractivity contribution >= 4 is 29.2 Å². The summed E-state index contributed by atoms with van der Waals surface area (Å²) in [6, 6.07) is 4.41. The van der Waals surface area contributed by atoms with Gasteiger partial charge in [0.25, 0.3) is 11.8 Å². The van der Waals surface area contributed by atoms with E-state index in [0.29, 0.717) is 22.5 Å². The largest absolute Gasteiger partial charge is 0.460 e. The van der Waals surface area contributed by atoms with Gasteiger partial charge in [-0.15, -0.1) is 0 Å². The van der Waals surface area contributed by atoms with E-state index in [-0.39, 0.29) is 30.5 Å². The third-order valence-electron chi connectivity index (χ3n) is 3.46. The van der Waals surface area contributed by atoms with Crippen molar-refractivity contribution in [2.24, 2.45) is 0 Å². The van der Waals surface area contributed by atoms with E-state index < -0.39 is 5.97 Å². The number of hydrogen-bond acceptors (Lipinski definition) is 6. The average Bonchev–Trinajstić information content (AvgIpc) is 2.63. The Morgan fingerprint density at radius 3 is 2.05 bits per heavy atom. The molecule has 0 radical (unpaired) electrons. The Labute approximate surface area is 127 Å². The Balaban J connectivity index is 1.93. The first kappa shape index (κ1) is 15.6. The molecule has 2 amide bonds. The van der Waals surface area contributed by atoms with Crippen LogP contribution in [0.3, 0.4) is 0 Å². The maximum Gasteiger partial charge on any atom is 0.338 e. The van der Waals surface area contributed by atoms with Crippen LogP contribution in [0.2, 0.25) is 0 Å². The molecule has 7 heteroatoms. The number of imide groups is 1. The molecule has 1 aliphatic heterocycles. The zero-order valence-electron chi connectivity index (χ0n) is 12.4. The number of rotatable bonds is 4. The van der Waals surface area contributed by atoms with Crippen LogP contribution >= 0.6 is 0 Å². The maximum absolute atomic E-state index is 11.9. The number of nitrogen functional groups attached to an aromatic ring is 2. The van der Waals surface area contributed by atoms with Crippen molar-refractivity contribution in [1.29, 1.82) is 0 Å². The second-order valence-corrected chi connectivity index (χ2v) is 5.04. The molecule has 1 aliphatic rings. The van der Waals surface area contributed by atoms with E-state index in [2.05, 4.69) is 0 Å². The monoisotopic (exact) mass is 303 g/mol. The molecular weight excluding hydrogens is 286 g/mol. The lowest BCUT2D eigenvalue weighted by molar-refractivity contribution is -0.138. The van der Waals surface area contributed by atoms with Gasteiger partial charge in [-0.3, -0.25) is 14.5 Å². The lowest BCUT2D eigenvalue weighted by Crippen LogP contribution is -2.35. The summed E-state index contributed by atoms with van der Waals surface area (Å²) in [4.78, 5) is 36.6. The molecule has 0 saturated carbocycles. The van der Waals surface area contributed by atoms with E-state index in [1.165, 1.54) is 18.2 Å². The first-order valence-electron chi connectivity index (χ1n) is 6.68. The number of hydrogen-bond donors (Lipinski definition) is 2. The summed E-state index contributed by atoms with van der Waals surface area (Å²) in [6.07, 6.45) is 0. The standard InChI is InChI=1S/C15H17N3O4/c1-8-9(2)14(20)18(13(8)19)3-4-22-15(21)10-5-11(16)7-12(17)6-10/h5-7H,3-4,16-17H2,1-2H3. The van der Waals surface area contributed by atoms with Crippen molar-refractivity contribution in [3.8, 4) is 0 Å². The number of nitrogens with two attached hydrogens (primary N) is 2. The molecule has 0 saturated heterocycles. The van der Waals surface area contributed by atoms with Gasteiger partial charge in [0.2, 0.25) is 0 Å². The van der Waals surface area contributed by atoms with Gasteiger partial charge in [-0.2, -0.15) is 0 Å². The Bertz CT molecular complexity index is 650. The number of ether oxygens (including phenoxy) is 1. The van der Waals surface area contributed by atoms with Gasteiger partial charge in [0.15, 0.2) is 0 Å². The van der Waals surface area contributed by atoms with Gasteiger partial charge in [-0.05, 0) is 32.0 Å². The Morgan fingerprint density at radius 2 is 1.55 bits per heavy atom. The summed E-state index contributed by atoms with van der Waals surface area (Å²) in [7, 11) is 0. The molecule has 116 valence electrons. The molecule has 7 nitrogen and oxygen atoms in total. The molecule has 0 bridgehead atoms. The van der Waals surface area contributed by atoms with Crippen LogP contribution in [0.4, 0.5) is 11.4 Å². The molecule has 1 heterocycles. The van der Waals surface area contributed by atoms with Crippen LogP contribution in [0.25, 0.3) is 0 Å².